The predicted octanol–water partition coefficient (Wildman–Crippen LogP) is 3.60. The lowest BCUT2D eigenvalue weighted by atomic mass is 10.1. The summed E-state index contributed by atoms with van der Waals surface area (Å²) in [6, 6.07) is 12.9. The van der Waals surface area contributed by atoms with Crippen molar-refractivity contribution in [2.24, 2.45) is 0 Å². The summed E-state index contributed by atoms with van der Waals surface area (Å²) < 4.78 is 18.3. The fraction of sp³-hybridized carbons (Fsp3) is 0.0588. The van der Waals surface area contributed by atoms with Gasteiger partial charge in [-0.05, 0) is 42.0 Å². The highest BCUT2D eigenvalue weighted by Gasteiger charge is 2.07. The smallest absolute Gasteiger partial charge is 0.185 e. The van der Waals surface area contributed by atoms with Gasteiger partial charge in [0.1, 0.15) is 0 Å². The Labute approximate surface area is 121 Å². The Bertz CT molecular complexity index is 727. The monoisotopic (exact) mass is 281 g/mol. The van der Waals surface area contributed by atoms with Crippen molar-refractivity contribution in [1.82, 2.24) is 0 Å². The fourth-order valence-corrected chi connectivity index (χ4v) is 1.76. The second-order valence-corrected chi connectivity index (χ2v) is 4.28. The van der Waals surface area contributed by atoms with Gasteiger partial charge in [0.2, 0.25) is 0 Å². The largest absolute Gasteiger partial charge is 0.494 e. The van der Waals surface area contributed by atoms with E-state index >= 15 is 0 Å². The molecule has 0 amide bonds. The Morgan fingerprint density at radius 2 is 1.95 bits per heavy atom. The minimum absolute atomic E-state index is 0.0996. The van der Waals surface area contributed by atoms with E-state index in [0.29, 0.717) is 5.56 Å². The molecule has 0 heterocycles. The van der Waals surface area contributed by atoms with Crippen LogP contribution in [0.15, 0.2) is 48.5 Å². The number of ether oxygens (including phenoxy) is 1. The molecule has 0 atom stereocenters. The molecular weight excluding hydrogens is 269 g/mol. The van der Waals surface area contributed by atoms with E-state index in [1.165, 1.54) is 25.3 Å². The van der Waals surface area contributed by atoms with Gasteiger partial charge in [0.05, 0.1) is 18.7 Å². The minimum Gasteiger partial charge on any atom is -0.494 e. The van der Waals surface area contributed by atoms with E-state index in [1.807, 2.05) is 6.07 Å². The number of hydrogen-bond donors (Lipinski definition) is 0. The minimum atomic E-state index is -0.574. The zero-order chi connectivity index (χ0) is 15.2. The van der Waals surface area contributed by atoms with Crippen LogP contribution in [0.2, 0.25) is 0 Å². The molecule has 0 unspecified atom stereocenters. The van der Waals surface area contributed by atoms with Crippen LogP contribution in [0.1, 0.15) is 21.5 Å². The van der Waals surface area contributed by atoms with Gasteiger partial charge in [-0.1, -0.05) is 18.2 Å². The molecule has 0 aliphatic rings. The van der Waals surface area contributed by atoms with Crippen LogP contribution in [-0.4, -0.2) is 12.9 Å². The Hall–Kier alpha value is -2.93. The third-order valence-electron chi connectivity index (χ3n) is 2.90. The van der Waals surface area contributed by atoms with Gasteiger partial charge in [-0.3, -0.25) is 4.79 Å². The number of carbonyl (C=O) groups excluding carboxylic acids is 1. The maximum atomic E-state index is 13.5. The Balaban J connectivity index is 2.15. The molecular formula is C17H12FNO2. The Kier molecular flexibility index (Phi) is 4.47. The molecule has 0 saturated heterocycles. The van der Waals surface area contributed by atoms with Crippen LogP contribution < -0.4 is 4.74 Å². The van der Waals surface area contributed by atoms with Crippen molar-refractivity contribution in [1.29, 1.82) is 5.26 Å². The number of halogens is 1. The summed E-state index contributed by atoms with van der Waals surface area (Å²) in [4.78, 5) is 11.9. The van der Waals surface area contributed by atoms with Crippen LogP contribution in [0.5, 0.6) is 5.75 Å². The molecule has 0 aromatic heterocycles. The highest BCUT2D eigenvalue weighted by Crippen LogP contribution is 2.18. The number of ketones is 1. The third-order valence-corrected chi connectivity index (χ3v) is 2.90. The lowest BCUT2D eigenvalue weighted by Gasteiger charge is -2.02. The number of nitriles is 1. The zero-order valence-electron chi connectivity index (χ0n) is 11.3. The van der Waals surface area contributed by atoms with Gasteiger partial charge in [-0.25, -0.2) is 4.39 Å². The van der Waals surface area contributed by atoms with E-state index in [9.17, 15) is 9.18 Å². The van der Waals surface area contributed by atoms with Crippen LogP contribution in [-0.2, 0) is 0 Å². The van der Waals surface area contributed by atoms with Gasteiger partial charge in [-0.2, -0.15) is 5.26 Å². The number of rotatable bonds is 4. The van der Waals surface area contributed by atoms with Crippen LogP contribution in [0.4, 0.5) is 4.39 Å². The molecule has 4 heteroatoms. The summed E-state index contributed by atoms with van der Waals surface area (Å²) in [6.45, 7) is 0. The van der Waals surface area contributed by atoms with Crippen LogP contribution in [0.25, 0.3) is 6.08 Å². The molecule has 0 aliphatic heterocycles. The lowest BCUT2D eigenvalue weighted by Crippen LogP contribution is -1.97. The SMILES string of the molecule is COc1ccc(C(=O)/C=C/c2ccc(C#N)cc2)cc1F. The van der Waals surface area contributed by atoms with Gasteiger partial charge >= 0.3 is 0 Å². The topological polar surface area (TPSA) is 50.1 Å². The van der Waals surface area contributed by atoms with E-state index in [2.05, 4.69) is 0 Å². The second kappa shape index (κ2) is 6.49. The van der Waals surface area contributed by atoms with Gasteiger partial charge in [0.25, 0.3) is 0 Å². The summed E-state index contributed by atoms with van der Waals surface area (Å²) >= 11 is 0. The number of carbonyl (C=O) groups is 1. The first-order chi connectivity index (χ1) is 10.1. The molecule has 21 heavy (non-hydrogen) atoms. The van der Waals surface area contributed by atoms with Crippen molar-refractivity contribution in [2.45, 2.75) is 0 Å². The highest BCUT2D eigenvalue weighted by atomic mass is 19.1. The Morgan fingerprint density at radius 3 is 2.52 bits per heavy atom. The van der Waals surface area contributed by atoms with Crippen molar-refractivity contribution in [2.75, 3.05) is 7.11 Å². The first kappa shape index (κ1) is 14.5. The van der Waals surface area contributed by atoms with Crippen LogP contribution in [0.3, 0.4) is 0 Å². The number of benzene rings is 2. The van der Waals surface area contributed by atoms with Crippen LogP contribution >= 0.6 is 0 Å². The summed E-state index contributed by atoms with van der Waals surface area (Å²) in [7, 11) is 1.37. The molecule has 2 aromatic rings. The molecule has 0 fully saturated rings. The van der Waals surface area contributed by atoms with E-state index in [1.54, 1.807) is 30.3 Å². The first-order valence-corrected chi connectivity index (χ1v) is 6.20. The van der Waals surface area contributed by atoms with Crippen molar-refractivity contribution in [3.8, 4) is 11.8 Å². The van der Waals surface area contributed by atoms with Crippen molar-refractivity contribution in [3.63, 3.8) is 0 Å². The van der Waals surface area contributed by atoms with E-state index < -0.39 is 5.82 Å². The average molecular weight is 281 g/mol. The molecule has 0 N–H and O–H groups in total. The molecule has 0 spiro atoms. The predicted molar refractivity (Wildman–Crippen MR) is 77.5 cm³/mol. The Morgan fingerprint density at radius 1 is 1.24 bits per heavy atom. The fourth-order valence-electron chi connectivity index (χ4n) is 1.76. The van der Waals surface area contributed by atoms with Gasteiger partial charge in [0.15, 0.2) is 17.3 Å². The molecule has 0 saturated carbocycles. The highest BCUT2D eigenvalue weighted by molar-refractivity contribution is 6.06. The molecule has 0 bridgehead atoms. The molecule has 3 nitrogen and oxygen atoms in total. The first-order valence-electron chi connectivity index (χ1n) is 6.20. The van der Waals surface area contributed by atoms with Crippen LogP contribution in [0, 0.1) is 17.1 Å². The van der Waals surface area contributed by atoms with Crippen molar-refractivity contribution in [3.05, 3.63) is 71.0 Å². The molecule has 2 aromatic carbocycles. The number of methoxy groups -OCH3 is 1. The molecule has 0 aliphatic carbocycles. The normalized spacial score (nSPS) is 10.3. The molecule has 2 rings (SSSR count). The van der Waals surface area contributed by atoms with Crippen molar-refractivity contribution >= 4 is 11.9 Å². The van der Waals surface area contributed by atoms with Crippen molar-refractivity contribution < 1.29 is 13.9 Å². The van der Waals surface area contributed by atoms with Gasteiger partial charge in [-0.15, -0.1) is 0 Å². The quantitative estimate of drug-likeness (QED) is 0.635. The third kappa shape index (κ3) is 3.54. The summed E-state index contributed by atoms with van der Waals surface area (Å²) in [6.07, 6.45) is 2.98. The summed E-state index contributed by atoms with van der Waals surface area (Å²) in [5, 5.41) is 8.70. The van der Waals surface area contributed by atoms with E-state index in [-0.39, 0.29) is 17.1 Å². The molecule has 0 radical (unpaired) electrons. The molecule has 104 valence electrons. The average Bonchev–Trinajstić information content (AvgIpc) is 2.53. The lowest BCUT2D eigenvalue weighted by molar-refractivity contribution is 0.104. The maximum absolute atomic E-state index is 13.5. The second-order valence-electron chi connectivity index (χ2n) is 4.28. The zero-order valence-corrected chi connectivity index (χ0v) is 11.3. The van der Waals surface area contributed by atoms with Gasteiger partial charge in [0, 0.05) is 5.56 Å². The summed E-state index contributed by atoms with van der Waals surface area (Å²) in [5.41, 5.74) is 1.59. The van der Waals surface area contributed by atoms with E-state index in [0.717, 1.165) is 11.6 Å². The van der Waals surface area contributed by atoms with Gasteiger partial charge < -0.3 is 4.74 Å². The summed E-state index contributed by atoms with van der Waals surface area (Å²) in [5.74, 6) is -0.779. The van der Waals surface area contributed by atoms with E-state index in [4.69, 9.17) is 10.00 Å². The standard InChI is InChI=1S/C17H12FNO2/c1-21-17-9-7-14(10-15(17)18)16(20)8-6-12-2-4-13(11-19)5-3-12/h2-10H,1H3/b8-6+. The number of hydrogen-bond acceptors (Lipinski definition) is 3. The number of nitrogens with zero attached hydrogens (tertiary/aromatic N) is 1. The maximum Gasteiger partial charge on any atom is 0.185 e. The number of allylic oxidation sites excluding steroid dienone is 1.